The van der Waals surface area contributed by atoms with Gasteiger partial charge in [0, 0.05) is 25.6 Å². The molecule has 0 aliphatic rings. The largest absolute Gasteiger partial charge is 0.545 e. The van der Waals surface area contributed by atoms with E-state index in [2.05, 4.69) is 21.2 Å². The molecule has 0 saturated carbocycles. The van der Waals surface area contributed by atoms with E-state index < -0.39 is 5.97 Å². The minimum absolute atomic E-state index is 0.0702. The lowest BCUT2D eigenvalue weighted by molar-refractivity contribution is -0.254. The van der Waals surface area contributed by atoms with Crippen molar-refractivity contribution in [2.75, 3.05) is 11.1 Å². The van der Waals surface area contributed by atoms with Gasteiger partial charge in [0.25, 0.3) is 0 Å². The molecule has 0 atom stereocenters. The van der Waals surface area contributed by atoms with Crippen molar-refractivity contribution in [3.63, 3.8) is 0 Å². The molecule has 0 fully saturated rings. The van der Waals surface area contributed by atoms with Crippen LogP contribution in [0.3, 0.4) is 0 Å². The van der Waals surface area contributed by atoms with E-state index in [9.17, 15) is 14.7 Å². The maximum Gasteiger partial charge on any atom is 0.234 e. The van der Waals surface area contributed by atoms with Crippen LogP contribution >= 0.6 is 39.3 Å². The number of hydrogen-bond acceptors (Lipinski definition) is 4. The molecular weight excluding hydrogens is 390 g/mol. The molecule has 2 aromatic carbocycles. The maximum atomic E-state index is 11.9. The number of amides is 1. The normalized spacial score (nSPS) is 10.3. The van der Waals surface area contributed by atoms with Gasteiger partial charge in [-0.25, -0.2) is 0 Å². The average molecular weight is 400 g/mol. The fourth-order valence-corrected chi connectivity index (χ4v) is 2.85. The molecule has 0 aromatic heterocycles. The van der Waals surface area contributed by atoms with Gasteiger partial charge in [-0.05, 0) is 42.5 Å². The predicted molar refractivity (Wildman–Crippen MR) is 89.3 cm³/mol. The number of carbonyl (C=O) groups excluding carboxylic acids is 2. The van der Waals surface area contributed by atoms with Gasteiger partial charge in [-0.2, -0.15) is 0 Å². The second-order valence-electron chi connectivity index (χ2n) is 4.27. The molecular formula is C15H10BrClNO3S-. The molecule has 0 aliphatic carbocycles. The van der Waals surface area contributed by atoms with Crippen LogP contribution in [-0.2, 0) is 4.79 Å². The van der Waals surface area contributed by atoms with E-state index in [-0.39, 0.29) is 22.9 Å². The van der Waals surface area contributed by atoms with Crippen molar-refractivity contribution in [1.29, 1.82) is 0 Å². The lowest BCUT2D eigenvalue weighted by Crippen LogP contribution is -2.25. The van der Waals surface area contributed by atoms with Crippen LogP contribution in [0.2, 0.25) is 5.02 Å². The molecule has 1 N–H and O–H groups in total. The molecule has 4 nitrogen and oxygen atoms in total. The number of anilines is 1. The van der Waals surface area contributed by atoms with E-state index >= 15 is 0 Å². The highest BCUT2D eigenvalue weighted by Crippen LogP contribution is 2.23. The summed E-state index contributed by atoms with van der Waals surface area (Å²) in [5.41, 5.74) is 0.143. The molecule has 114 valence electrons. The van der Waals surface area contributed by atoms with Crippen LogP contribution in [0, 0.1) is 0 Å². The van der Waals surface area contributed by atoms with Crippen LogP contribution in [0.1, 0.15) is 10.4 Å². The van der Waals surface area contributed by atoms with Crippen molar-refractivity contribution in [2.45, 2.75) is 4.90 Å². The number of hydrogen-bond donors (Lipinski definition) is 1. The summed E-state index contributed by atoms with van der Waals surface area (Å²) in [5.74, 6) is -1.49. The van der Waals surface area contributed by atoms with E-state index in [0.29, 0.717) is 9.50 Å². The highest BCUT2D eigenvalue weighted by atomic mass is 79.9. The Hall–Kier alpha value is -1.50. The van der Waals surface area contributed by atoms with Crippen molar-refractivity contribution >= 4 is 56.9 Å². The molecule has 0 radical (unpaired) electrons. The van der Waals surface area contributed by atoms with Gasteiger partial charge < -0.3 is 15.2 Å². The number of rotatable bonds is 5. The first-order valence-corrected chi connectivity index (χ1v) is 8.30. The van der Waals surface area contributed by atoms with E-state index in [1.165, 1.54) is 23.9 Å². The lowest BCUT2D eigenvalue weighted by Gasteiger charge is -2.12. The smallest absolute Gasteiger partial charge is 0.234 e. The van der Waals surface area contributed by atoms with Gasteiger partial charge in [0.15, 0.2) is 0 Å². The van der Waals surface area contributed by atoms with Gasteiger partial charge in [-0.3, -0.25) is 4.79 Å². The second-order valence-corrected chi connectivity index (χ2v) is 6.67. The number of aromatic carboxylic acids is 1. The monoisotopic (exact) mass is 398 g/mol. The summed E-state index contributed by atoms with van der Waals surface area (Å²) in [7, 11) is 0. The van der Waals surface area contributed by atoms with E-state index in [1.807, 2.05) is 12.1 Å². The SMILES string of the molecule is O=C(CSc1ccc(Cl)cc1)Nc1ccc(Br)cc1C(=O)[O-]. The lowest BCUT2D eigenvalue weighted by atomic mass is 10.2. The molecule has 1 amide bonds. The number of carbonyl (C=O) groups is 2. The summed E-state index contributed by atoms with van der Waals surface area (Å²) < 4.78 is 0.597. The predicted octanol–water partition coefficient (Wildman–Crippen LogP) is 3.20. The van der Waals surface area contributed by atoms with Crippen LogP contribution < -0.4 is 10.4 Å². The topological polar surface area (TPSA) is 69.2 Å². The van der Waals surface area contributed by atoms with Gasteiger partial charge in [-0.15, -0.1) is 11.8 Å². The van der Waals surface area contributed by atoms with Crippen molar-refractivity contribution in [1.82, 2.24) is 0 Å². The van der Waals surface area contributed by atoms with Crippen LogP contribution in [0.5, 0.6) is 0 Å². The Morgan fingerprint density at radius 3 is 2.50 bits per heavy atom. The Morgan fingerprint density at radius 1 is 1.18 bits per heavy atom. The van der Waals surface area contributed by atoms with Gasteiger partial charge in [0.05, 0.1) is 11.7 Å². The number of carboxylic acid groups (broad SMARTS) is 1. The average Bonchev–Trinajstić information content (AvgIpc) is 2.48. The van der Waals surface area contributed by atoms with Crippen molar-refractivity contribution < 1.29 is 14.7 Å². The van der Waals surface area contributed by atoms with Gasteiger partial charge in [-0.1, -0.05) is 27.5 Å². The van der Waals surface area contributed by atoms with E-state index in [0.717, 1.165) is 4.90 Å². The van der Waals surface area contributed by atoms with E-state index in [1.54, 1.807) is 18.2 Å². The van der Waals surface area contributed by atoms with Crippen molar-refractivity contribution in [3.8, 4) is 0 Å². The Bertz CT molecular complexity index is 706. The fourth-order valence-electron chi connectivity index (χ4n) is 1.66. The molecule has 7 heteroatoms. The zero-order valence-electron chi connectivity index (χ0n) is 11.1. The van der Waals surface area contributed by atoms with Crippen molar-refractivity contribution in [3.05, 3.63) is 57.5 Å². The Kier molecular flexibility index (Phi) is 5.88. The van der Waals surface area contributed by atoms with Gasteiger partial charge in [0.1, 0.15) is 0 Å². The molecule has 0 aliphatic heterocycles. The number of nitrogens with one attached hydrogen (secondary N) is 1. The molecule has 0 heterocycles. The molecule has 0 spiro atoms. The zero-order valence-corrected chi connectivity index (χ0v) is 14.3. The quantitative estimate of drug-likeness (QED) is 0.784. The van der Waals surface area contributed by atoms with Crippen LogP contribution in [0.25, 0.3) is 0 Å². The van der Waals surface area contributed by atoms with Crippen LogP contribution in [0.15, 0.2) is 51.8 Å². The highest BCUT2D eigenvalue weighted by Gasteiger charge is 2.09. The molecule has 2 rings (SSSR count). The minimum Gasteiger partial charge on any atom is -0.545 e. The summed E-state index contributed by atoms with van der Waals surface area (Å²) in [6.45, 7) is 0. The zero-order chi connectivity index (χ0) is 16.1. The summed E-state index contributed by atoms with van der Waals surface area (Å²) in [6, 6.07) is 11.7. The third kappa shape index (κ3) is 4.76. The Balaban J connectivity index is 2.00. The Labute approximate surface area is 145 Å². The standard InChI is InChI=1S/C15H11BrClNO3S/c16-9-1-6-13(12(7-9)15(20)21)18-14(19)8-22-11-4-2-10(17)3-5-11/h1-7H,8H2,(H,18,19)(H,20,21)/p-1. The molecule has 0 saturated heterocycles. The number of benzene rings is 2. The summed E-state index contributed by atoms with van der Waals surface area (Å²) >= 11 is 10.3. The number of carboxylic acids is 1. The summed E-state index contributed by atoms with van der Waals surface area (Å²) in [6.07, 6.45) is 0. The van der Waals surface area contributed by atoms with E-state index in [4.69, 9.17) is 11.6 Å². The van der Waals surface area contributed by atoms with Gasteiger partial charge in [0.2, 0.25) is 5.91 Å². The molecule has 22 heavy (non-hydrogen) atoms. The Morgan fingerprint density at radius 2 is 1.86 bits per heavy atom. The minimum atomic E-state index is -1.35. The fraction of sp³-hybridized carbons (Fsp3) is 0.0667. The van der Waals surface area contributed by atoms with Crippen molar-refractivity contribution in [2.24, 2.45) is 0 Å². The second kappa shape index (κ2) is 7.67. The van der Waals surface area contributed by atoms with Gasteiger partial charge >= 0.3 is 0 Å². The summed E-state index contributed by atoms with van der Waals surface area (Å²) in [4.78, 5) is 23.9. The van der Waals surface area contributed by atoms with Crippen LogP contribution in [-0.4, -0.2) is 17.6 Å². The number of halogens is 2. The maximum absolute atomic E-state index is 11.9. The summed E-state index contributed by atoms with van der Waals surface area (Å²) in [5, 5.41) is 14.3. The first kappa shape index (κ1) is 16.9. The first-order valence-electron chi connectivity index (χ1n) is 6.15. The molecule has 0 bridgehead atoms. The highest BCUT2D eigenvalue weighted by molar-refractivity contribution is 9.10. The van der Waals surface area contributed by atoms with Crippen LogP contribution in [0.4, 0.5) is 5.69 Å². The molecule has 0 unspecified atom stereocenters. The third-order valence-corrected chi connectivity index (χ3v) is 4.42. The third-order valence-electron chi connectivity index (χ3n) is 2.66. The number of thioether (sulfide) groups is 1. The molecule has 2 aromatic rings. The first-order chi connectivity index (χ1) is 10.5.